The Hall–Kier alpha value is -5.53. The van der Waals surface area contributed by atoms with E-state index >= 15 is 0 Å². The summed E-state index contributed by atoms with van der Waals surface area (Å²) in [6.45, 7) is 3.03. The van der Waals surface area contributed by atoms with Gasteiger partial charge in [0.15, 0.2) is 5.78 Å². The maximum Gasteiger partial charge on any atom is 0.311 e. The maximum absolute atomic E-state index is 13.1. The van der Waals surface area contributed by atoms with Crippen molar-refractivity contribution in [1.29, 1.82) is 0 Å². The summed E-state index contributed by atoms with van der Waals surface area (Å²) in [5.41, 5.74) is 0.535. The van der Waals surface area contributed by atoms with E-state index < -0.39 is 25.3 Å². The molecule has 0 radical (unpaired) electrons. The van der Waals surface area contributed by atoms with Gasteiger partial charge >= 0.3 is 5.97 Å². The van der Waals surface area contributed by atoms with Crippen molar-refractivity contribution in [2.45, 2.75) is 26.4 Å². The Morgan fingerprint density at radius 2 is 1.00 bits per heavy atom. The number of esters is 1. The van der Waals surface area contributed by atoms with Crippen molar-refractivity contribution < 1.29 is 61.4 Å². The fourth-order valence-electron chi connectivity index (χ4n) is 5.53. The van der Waals surface area contributed by atoms with Crippen LogP contribution in [0.1, 0.15) is 47.9 Å². The number of likely N-dealkylation sites (N-methyl/N-ethyl adjacent to an activating group) is 1. The topological polar surface area (TPSA) is 159 Å². The molecule has 0 aromatic heterocycles. The summed E-state index contributed by atoms with van der Waals surface area (Å²) in [7, 11) is 2.79. The predicted molar refractivity (Wildman–Crippen MR) is 219 cm³/mol. The summed E-state index contributed by atoms with van der Waals surface area (Å²) < 4.78 is 50.3. The smallest absolute Gasteiger partial charge is 0.311 e. The van der Waals surface area contributed by atoms with Crippen LogP contribution >= 0.6 is 7.82 Å². The van der Waals surface area contributed by atoms with Crippen molar-refractivity contribution in [2.24, 2.45) is 5.41 Å². The van der Waals surface area contributed by atoms with E-state index in [1.807, 2.05) is 45.4 Å². The van der Waals surface area contributed by atoms with Crippen LogP contribution in [0.25, 0.3) is 0 Å². The van der Waals surface area contributed by atoms with Crippen LogP contribution < -0.4 is 23.8 Å². The van der Waals surface area contributed by atoms with Crippen LogP contribution in [0.15, 0.2) is 121 Å². The number of carbonyl (C=O) groups is 2. The van der Waals surface area contributed by atoms with Crippen LogP contribution in [0.4, 0.5) is 0 Å². The number of hydrogen-bond donors (Lipinski definition) is 1. The van der Waals surface area contributed by atoms with E-state index in [0.717, 1.165) is 5.75 Å². The number of nitrogens with zero attached hydrogens (tertiary/aromatic N) is 1. The molecule has 2 unspecified atom stereocenters. The first-order valence-electron chi connectivity index (χ1n) is 18.9. The molecule has 5 aromatic rings. The standard InChI is InChI=1S/C45H50NO12P/c1-45(2,44(49)53-29-30-55-59(50,51)54-28-27-46(3,4)5)31-42(47)32-7-13-36(14-8-32)56-40-23-25-41(26-24-40)58-38-17-11-34(12-18-38)43(48)33-9-15-37(16-10-33)57-39-21-19-35(52-6)20-22-39/h7-26,42,47H,27-31H2,1-6H3. The number of phosphoric acid groups is 1. The second-order valence-corrected chi connectivity index (χ2v) is 16.7. The van der Waals surface area contributed by atoms with Crippen molar-refractivity contribution >= 4 is 19.6 Å². The Labute approximate surface area is 344 Å². The number of aliphatic hydroxyl groups is 1. The van der Waals surface area contributed by atoms with Gasteiger partial charge in [-0.2, -0.15) is 0 Å². The third-order valence-electron chi connectivity index (χ3n) is 8.92. The van der Waals surface area contributed by atoms with E-state index in [2.05, 4.69) is 0 Å². The molecule has 0 saturated heterocycles. The molecule has 5 aromatic carbocycles. The Bertz CT molecular complexity index is 2170. The van der Waals surface area contributed by atoms with Crippen molar-refractivity contribution in [3.05, 3.63) is 138 Å². The molecule has 0 heterocycles. The minimum atomic E-state index is -4.52. The first-order chi connectivity index (χ1) is 28.0. The Balaban J connectivity index is 1.04. The molecule has 5 rings (SSSR count). The molecule has 0 aliphatic heterocycles. The number of hydrogen-bond acceptors (Lipinski definition) is 12. The number of ketones is 1. The van der Waals surface area contributed by atoms with Gasteiger partial charge in [-0.15, -0.1) is 0 Å². The van der Waals surface area contributed by atoms with Gasteiger partial charge in [0.25, 0.3) is 7.82 Å². The van der Waals surface area contributed by atoms with Gasteiger partial charge in [0.1, 0.15) is 60.0 Å². The first-order valence-corrected chi connectivity index (χ1v) is 20.3. The highest BCUT2D eigenvalue weighted by atomic mass is 31.2. The van der Waals surface area contributed by atoms with Crippen molar-refractivity contribution in [3.63, 3.8) is 0 Å². The lowest BCUT2D eigenvalue weighted by molar-refractivity contribution is -0.870. The summed E-state index contributed by atoms with van der Waals surface area (Å²) in [6, 6.07) is 34.9. The molecule has 0 aliphatic rings. The Morgan fingerprint density at radius 3 is 1.41 bits per heavy atom. The van der Waals surface area contributed by atoms with Crippen LogP contribution in [0, 0.1) is 5.41 Å². The number of rotatable bonds is 21. The van der Waals surface area contributed by atoms with Gasteiger partial charge in [-0.25, -0.2) is 0 Å². The minimum Gasteiger partial charge on any atom is -0.756 e. The lowest BCUT2D eigenvalue weighted by Crippen LogP contribution is -2.37. The van der Waals surface area contributed by atoms with E-state index in [9.17, 15) is 24.2 Å². The predicted octanol–water partition coefficient (Wildman–Crippen LogP) is 8.50. The van der Waals surface area contributed by atoms with Gasteiger partial charge in [0.2, 0.25) is 0 Å². The molecule has 2 atom stereocenters. The normalized spacial score (nSPS) is 13.2. The SMILES string of the molecule is COc1ccc(Oc2ccc(C(=O)c3ccc(Oc4ccc(Oc5ccc(C(O)CC(C)(C)C(=O)OCCOP(=O)([O-])OCC[N+](C)(C)C)cc5)cc4)cc3)cc2)cc1. The molecule has 0 aliphatic carbocycles. The molecule has 13 nitrogen and oxygen atoms in total. The van der Waals surface area contributed by atoms with Crippen LogP contribution in [0.2, 0.25) is 0 Å². The third kappa shape index (κ3) is 14.1. The van der Waals surface area contributed by atoms with Crippen molar-refractivity contribution in [1.82, 2.24) is 0 Å². The van der Waals surface area contributed by atoms with Crippen LogP contribution in [-0.2, 0) is 23.1 Å². The number of quaternary nitrogens is 1. The monoisotopic (exact) mass is 827 g/mol. The molecule has 0 spiro atoms. The van der Waals surface area contributed by atoms with Crippen LogP contribution in [0.3, 0.4) is 0 Å². The zero-order valence-electron chi connectivity index (χ0n) is 34.0. The number of methoxy groups -OCH3 is 1. The fraction of sp³-hybridized carbons (Fsp3) is 0.289. The van der Waals surface area contributed by atoms with E-state index in [1.165, 1.54) is 0 Å². The maximum atomic E-state index is 13.1. The molecular weight excluding hydrogens is 777 g/mol. The number of ether oxygens (including phenoxy) is 5. The zero-order valence-corrected chi connectivity index (χ0v) is 34.9. The molecule has 0 saturated carbocycles. The quantitative estimate of drug-likeness (QED) is 0.0248. The largest absolute Gasteiger partial charge is 0.756 e. The summed E-state index contributed by atoms with van der Waals surface area (Å²) in [6.07, 6.45) is -0.932. The molecule has 312 valence electrons. The molecule has 0 fully saturated rings. The minimum absolute atomic E-state index is 0.0303. The number of phosphoric ester groups is 1. The molecule has 0 amide bonds. The molecule has 59 heavy (non-hydrogen) atoms. The number of aliphatic hydroxyl groups excluding tert-OH is 1. The van der Waals surface area contributed by atoms with Crippen molar-refractivity contribution in [3.8, 4) is 40.2 Å². The summed E-state index contributed by atoms with van der Waals surface area (Å²) in [4.78, 5) is 37.8. The third-order valence-corrected chi connectivity index (χ3v) is 9.92. The molecule has 14 heteroatoms. The van der Waals surface area contributed by atoms with Gasteiger partial charge in [0, 0.05) is 11.1 Å². The summed E-state index contributed by atoms with van der Waals surface area (Å²) >= 11 is 0. The van der Waals surface area contributed by atoms with Gasteiger partial charge in [-0.3, -0.25) is 14.2 Å². The summed E-state index contributed by atoms with van der Waals surface area (Å²) in [5.74, 6) is 3.48. The highest BCUT2D eigenvalue weighted by Crippen LogP contribution is 2.38. The van der Waals surface area contributed by atoms with Gasteiger partial charge in [0.05, 0.1) is 46.4 Å². The highest BCUT2D eigenvalue weighted by Gasteiger charge is 2.32. The van der Waals surface area contributed by atoms with Gasteiger partial charge < -0.3 is 47.2 Å². The number of carbonyl (C=O) groups excluding carboxylic acids is 2. The average Bonchev–Trinajstić information content (AvgIpc) is 3.20. The van der Waals surface area contributed by atoms with E-state index in [-0.39, 0.29) is 32.0 Å². The van der Waals surface area contributed by atoms with Crippen LogP contribution in [0.5, 0.6) is 40.2 Å². The first kappa shape index (κ1) is 44.6. The Morgan fingerprint density at radius 1 is 0.627 bits per heavy atom. The molecular formula is C45H50NO12P. The van der Waals surface area contributed by atoms with Crippen molar-refractivity contribution in [2.75, 3.05) is 54.6 Å². The van der Waals surface area contributed by atoms with Gasteiger partial charge in [-0.05, 0) is 135 Å². The van der Waals surface area contributed by atoms with Gasteiger partial charge in [-0.1, -0.05) is 12.1 Å². The number of benzene rings is 5. The molecule has 0 bridgehead atoms. The Kier molecular flexibility index (Phi) is 15.1. The second kappa shape index (κ2) is 20.0. The highest BCUT2D eigenvalue weighted by molar-refractivity contribution is 7.45. The molecule has 1 N–H and O–H groups in total. The average molecular weight is 828 g/mol. The van der Waals surface area contributed by atoms with E-state index in [0.29, 0.717) is 62.2 Å². The zero-order chi connectivity index (χ0) is 42.6. The summed E-state index contributed by atoms with van der Waals surface area (Å²) in [5, 5.41) is 10.9. The van der Waals surface area contributed by atoms with E-state index in [4.69, 9.17) is 32.7 Å². The lowest BCUT2D eigenvalue weighted by Gasteiger charge is -2.28. The van der Waals surface area contributed by atoms with Crippen LogP contribution in [-0.4, -0.2) is 76.0 Å². The fourth-order valence-corrected chi connectivity index (χ4v) is 6.21. The second-order valence-electron chi connectivity index (χ2n) is 15.3. The van der Waals surface area contributed by atoms with E-state index in [1.54, 1.807) is 118 Å². The lowest BCUT2D eigenvalue weighted by atomic mass is 9.85.